The van der Waals surface area contributed by atoms with E-state index in [0.29, 0.717) is 5.75 Å². The highest BCUT2D eigenvalue weighted by Crippen LogP contribution is 2.21. The van der Waals surface area contributed by atoms with Crippen LogP contribution in [0.3, 0.4) is 0 Å². The molecule has 0 bridgehead atoms. The summed E-state index contributed by atoms with van der Waals surface area (Å²) in [5.74, 6) is 0.492. The number of aryl methyl sites for hydroxylation is 1. The Morgan fingerprint density at radius 3 is 2.75 bits per heavy atom. The monoisotopic (exact) mass is 221 g/mol. The number of nitrogens with one attached hydrogen (secondary N) is 2. The molecule has 86 valence electrons. The summed E-state index contributed by atoms with van der Waals surface area (Å²) >= 11 is 0. The summed E-state index contributed by atoms with van der Waals surface area (Å²) in [7, 11) is 0. The first-order valence-corrected chi connectivity index (χ1v) is 4.83. The number of carbonyl (C=O) groups is 1. The van der Waals surface area contributed by atoms with Crippen LogP contribution in [0.4, 0.5) is 5.69 Å². The maximum Gasteiger partial charge on any atom is 0.221 e. The Bertz CT molecular complexity index is 416. The summed E-state index contributed by atoms with van der Waals surface area (Å²) in [5, 5.41) is 9.73. The van der Waals surface area contributed by atoms with Crippen molar-refractivity contribution >= 4 is 17.4 Å². The number of hydrogen-bond acceptors (Lipinski definition) is 3. The second-order valence-electron chi connectivity index (χ2n) is 3.47. The van der Waals surface area contributed by atoms with E-state index in [9.17, 15) is 4.79 Å². The number of hydrogen-bond donors (Lipinski definition) is 3. The van der Waals surface area contributed by atoms with Gasteiger partial charge in [-0.15, -0.1) is 0 Å². The molecule has 0 aliphatic heterocycles. The fraction of sp³-hybridized carbons (Fsp3) is 0.273. The van der Waals surface area contributed by atoms with E-state index in [1.165, 1.54) is 6.92 Å². The Morgan fingerprint density at radius 2 is 2.25 bits per heavy atom. The molecule has 0 aliphatic rings. The van der Waals surface area contributed by atoms with Gasteiger partial charge in [-0.25, -0.2) is 0 Å². The maximum absolute atomic E-state index is 10.9. The van der Waals surface area contributed by atoms with Gasteiger partial charge in [0, 0.05) is 12.6 Å². The van der Waals surface area contributed by atoms with E-state index in [2.05, 4.69) is 5.32 Å². The lowest BCUT2D eigenvalue weighted by molar-refractivity contribution is -0.114. The first kappa shape index (κ1) is 12.0. The highest BCUT2D eigenvalue weighted by Gasteiger charge is 2.02. The van der Waals surface area contributed by atoms with Gasteiger partial charge in [0.2, 0.25) is 5.91 Å². The molecular formula is C11H15N3O2. The van der Waals surface area contributed by atoms with Crippen LogP contribution in [0.15, 0.2) is 18.2 Å². The molecule has 0 aliphatic carbocycles. The molecule has 1 amide bonds. The van der Waals surface area contributed by atoms with E-state index in [1.807, 2.05) is 6.92 Å². The second-order valence-corrected chi connectivity index (χ2v) is 3.47. The zero-order valence-corrected chi connectivity index (χ0v) is 9.33. The lowest BCUT2D eigenvalue weighted by Crippen LogP contribution is -2.19. The van der Waals surface area contributed by atoms with Crippen LogP contribution in [-0.4, -0.2) is 18.3 Å². The summed E-state index contributed by atoms with van der Waals surface area (Å²) in [5.41, 5.74) is 6.83. The Morgan fingerprint density at radius 1 is 1.56 bits per heavy atom. The summed E-state index contributed by atoms with van der Waals surface area (Å²) in [4.78, 5) is 10.9. The fourth-order valence-electron chi connectivity index (χ4n) is 1.22. The van der Waals surface area contributed by atoms with Crippen LogP contribution in [0, 0.1) is 12.3 Å². The number of ether oxygens (including phenoxy) is 1. The van der Waals surface area contributed by atoms with Gasteiger partial charge in [0.15, 0.2) is 0 Å². The van der Waals surface area contributed by atoms with Crippen molar-refractivity contribution in [3.8, 4) is 5.75 Å². The van der Waals surface area contributed by atoms with Gasteiger partial charge in [0.25, 0.3) is 0 Å². The van der Waals surface area contributed by atoms with Crippen molar-refractivity contribution < 1.29 is 9.53 Å². The van der Waals surface area contributed by atoms with Gasteiger partial charge in [0.05, 0.1) is 0 Å². The highest BCUT2D eigenvalue weighted by atomic mass is 16.5. The number of anilines is 1. The molecule has 1 rings (SSSR count). The number of rotatable bonds is 4. The average molecular weight is 221 g/mol. The Labute approximate surface area is 94.1 Å². The van der Waals surface area contributed by atoms with Crippen LogP contribution in [0.25, 0.3) is 0 Å². The van der Waals surface area contributed by atoms with Crippen molar-refractivity contribution in [2.24, 2.45) is 5.73 Å². The molecule has 5 heteroatoms. The normalized spacial score (nSPS) is 9.62. The predicted molar refractivity (Wildman–Crippen MR) is 62.9 cm³/mol. The average Bonchev–Trinajstić information content (AvgIpc) is 2.18. The number of carbonyl (C=O) groups excluding carboxylic acids is 1. The first-order chi connectivity index (χ1) is 7.49. The number of benzene rings is 1. The van der Waals surface area contributed by atoms with Gasteiger partial charge in [0.1, 0.15) is 18.2 Å². The van der Waals surface area contributed by atoms with Gasteiger partial charge < -0.3 is 15.8 Å². The molecule has 0 fully saturated rings. The van der Waals surface area contributed by atoms with Crippen LogP contribution < -0.4 is 15.8 Å². The third-order valence-corrected chi connectivity index (χ3v) is 1.90. The van der Waals surface area contributed by atoms with Crippen molar-refractivity contribution in [1.29, 1.82) is 5.41 Å². The molecule has 5 nitrogen and oxygen atoms in total. The lowest BCUT2D eigenvalue weighted by Gasteiger charge is -2.09. The van der Waals surface area contributed by atoms with Gasteiger partial charge in [-0.3, -0.25) is 10.2 Å². The van der Waals surface area contributed by atoms with E-state index in [1.54, 1.807) is 18.2 Å². The van der Waals surface area contributed by atoms with Crippen LogP contribution in [0.2, 0.25) is 0 Å². The summed E-state index contributed by atoms with van der Waals surface area (Å²) in [6, 6.07) is 5.27. The van der Waals surface area contributed by atoms with Crippen molar-refractivity contribution in [2.75, 3.05) is 11.9 Å². The SMILES string of the molecule is CC(=O)Nc1ccc(OCC(=N)N)cc1C. The Kier molecular flexibility index (Phi) is 3.88. The third kappa shape index (κ3) is 3.61. The largest absolute Gasteiger partial charge is 0.486 e. The molecule has 0 spiro atoms. The number of nitrogens with two attached hydrogens (primary N) is 1. The summed E-state index contributed by atoms with van der Waals surface area (Å²) in [6.07, 6.45) is 0. The minimum Gasteiger partial charge on any atom is -0.486 e. The molecule has 0 saturated carbocycles. The predicted octanol–water partition coefficient (Wildman–Crippen LogP) is 1.27. The molecule has 0 unspecified atom stereocenters. The molecule has 0 atom stereocenters. The Balaban J connectivity index is 2.74. The van der Waals surface area contributed by atoms with Crippen molar-refractivity contribution in [2.45, 2.75) is 13.8 Å². The van der Waals surface area contributed by atoms with E-state index in [-0.39, 0.29) is 18.3 Å². The Hall–Kier alpha value is -2.04. The van der Waals surface area contributed by atoms with Crippen LogP contribution in [0.1, 0.15) is 12.5 Å². The maximum atomic E-state index is 10.9. The molecule has 1 aromatic carbocycles. The quantitative estimate of drug-likeness (QED) is 0.528. The van der Waals surface area contributed by atoms with Crippen LogP contribution >= 0.6 is 0 Å². The second kappa shape index (κ2) is 5.16. The van der Waals surface area contributed by atoms with Gasteiger partial charge in [-0.2, -0.15) is 0 Å². The summed E-state index contributed by atoms with van der Waals surface area (Å²) in [6.45, 7) is 3.39. The van der Waals surface area contributed by atoms with Gasteiger partial charge in [-0.05, 0) is 30.7 Å². The molecule has 4 N–H and O–H groups in total. The highest BCUT2D eigenvalue weighted by molar-refractivity contribution is 5.89. The molecule has 0 aromatic heterocycles. The number of amidine groups is 1. The third-order valence-electron chi connectivity index (χ3n) is 1.90. The van der Waals surface area contributed by atoms with E-state index >= 15 is 0 Å². The standard InChI is InChI=1S/C11H15N3O2/c1-7-5-9(16-6-11(12)13)3-4-10(7)14-8(2)15/h3-5H,6H2,1-2H3,(H3,12,13)(H,14,15). The molecule has 0 heterocycles. The van der Waals surface area contributed by atoms with Crippen molar-refractivity contribution in [1.82, 2.24) is 0 Å². The number of amides is 1. The molecule has 0 saturated heterocycles. The molecule has 0 radical (unpaired) electrons. The van der Waals surface area contributed by atoms with Gasteiger partial charge >= 0.3 is 0 Å². The van der Waals surface area contributed by atoms with Crippen LogP contribution in [0.5, 0.6) is 5.75 Å². The van der Waals surface area contributed by atoms with E-state index < -0.39 is 0 Å². The minimum atomic E-state index is -0.111. The zero-order chi connectivity index (χ0) is 12.1. The minimum absolute atomic E-state index is 0.0245. The van der Waals surface area contributed by atoms with E-state index in [0.717, 1.165) is 11.3 Å². The van der Waals surface area contributed by atoms with Crippen molar-refractivity contribution in [3.63, 3.8) is 0 Å². The molecular weight excluding hydrogens is 206 g/mol. The zero-order valence-electron chi connectivity index (χ0n) is 9.33. The fourth-order valence-corrected chi connectivity index (χ4v) is 1.22. The lowest BCUT2D eigenvalue weighted by atomic mass is 10.2. The summed E-state index contributed by atoms with van der Waals surface area (Å²) < 4.78 is 5.25. The first-order valence-electron chi connectivity index (χ1n) is 4.83. The molecule has 16 heavy (non-hydrogen) atoms. The van der Waals surface area contributed by atoms with Gasteiger partial charge in [-0.1, -0.05) is 0 Å². The topological polar surface area (TPSA) is 88.2 Å². The molecule has 1 aromatic rings. The van der Waals surface area contributed by atoms with Crippen molar-refractivity contribution in [3.05, 3.63) is 23.8 Å². The van der Waals surface area contributed by atoms with Crippen LogP contribution in [-0.2, 0) is 4.79 Å². The van der Waals surface area contributed by atoms with E-state index in [4.69, 9.17) is 15.9 Å². The smallest absolute Gasteiger partial charge is 0.221 e.